The van der Waals surface area contributed by atoms with Crippen LogP contribution in [0.3, 0.4) is 0 Å². The number of anilines is 1. The lowest BCUT2D eigenvalue weighted by atomic mass is 10.2. The van der Waals surface area contributed by atoms with Gasteiger partial charge >= 0.3 is 0 Å². The Hall–Kier alpha value is -2.14. The summed E-state index contributed by atoms with van der Waals surface area (Å²) in [5, 5.41) is 3.29. The van der Waals surface area contributed by atoms with Gasteiger partial charge in [0.2, 0.25) is 0 Å². The van der Waals surface area contributed by atoms with Crippen molar-refractivity contribution < 1.29 is 8.42 Å². The van der Waals surface area contributed by atoms with Crippen molar-refractivity contribution in [2.24, 2.45) is 0 Å². The summed E-state index contributed by atoms with van der Waals surface area (Å²) in [4.78, 5) is 4.09. The molecule has 1 heterocycles. The van der Waals surface area contributed by atoms with E-state index < -0.39 is 10.7 Å². The van der Waals surface area contributed by atoms with Crippen molar-refractivity contribution in [1.29, 1.82) is 0 Å². The second-order valence-corrected chi connectivity index (χ2v) is 5.20. The second kappa shape index (κ2) is 6.86. The molecule has 0 unspecified atom stereocenters. The minimum absolute atomic E-state index is 0.239. The zero-order valence-corrected chi connectivity index (χ0v) is 12.0. The first kappa shape index (κ1) is 14.3. The molecular weight excluding hydrogens is 272 g/mol. The van der Waals surface area contributed by atoms with Gasteiger partial charge in [-0.15, -0.1) is 0 Å². The second-order valence-electron chi connectivity index (χ2n) is 4.21. The van der Waals surface area contributed by atoms with E-state index in [0.29, 0.717) is 5.56 Å². The predicted octanol–water partition coefficient (Wildman–Crippen LogP) is 2.91. The number of rotatable bonds is 5. The summed E-state index contributed by atoms with van der Waals surface area (Å²) in [7, 11) is -2.65. The van der Waals surface area contributed by atoms with E-state index in [2.05, 4.69) is 10.3 Å². The van der Waals surface area contributed by atoms with Gasteiger partial charge in [0.1, 0.15) is 0 Å². The molecule has 0 aliphatic rings. The van der Waals surface area contributed by atoms with Crippen molar-refractivity contribution in [1.82, 2.24) is 4.98 Å². The Bertz CT molecular complexity index is 671. The summed E-state index contributed by atoms with van der Waals surface area (Å²) < 4.78 is 22.4. The van der Waals surface area contributed by atoms with E-state index in [0.717, 1.165) is 17.8 Å². The van der Waals surface area contributed by atoms with Crippen molar-refractivity contribution in [3.63, 3.8) is 0 Å². The summed E-state index contributed by atoms with van der Waals surface area (Å²) in [6.07, 6.45) is 5.57. The highest BCUT2D eigenvalue weighted by Crippen LogP contribution is 2.17. The highest BCUT2D eigenvalue weighted by atomic mass is 32.2. The van der Waals surface area contributed by atoms with E-state index in [1.807, 2.05) is 43.3 Å². The largest absolute Gasteiger partial charge is 0.359 e. The molecule has 20 heavy (non-hydrogen) atoms. The number of para-hydroxylation sites is 1. The number of pyridine rings is 1. The van der Waals surface area contributed by atoms with E-state index >= 15 is 0 Å². The van der Waals surface area contributed by atoms with Crippen LogP contribution in [0.25, 0.3) is 6.08 Å². The Morgan fingerprint density at radius 3 is 2.65 bits per heavy atom. The number of hydrogen-bond acceptors (Lipinski definition) is 4. The average Bonchev–Trinajstić information content (AvgIpc) is 2.48. The van der Waals surface area contributed by atoms with Gasteiger partial charge in [-0.1, -0.05) is 25.1 Å². The molecule has 0 bridgehead atoms. The molecule has 0 saturated carbocycles. The average molecular weight is 288 g/mol. The zero-order chi connectivity index (χ0) is 14.4. The molecule has 5 heteroatoms. The SMILES string of the molecule is CC/C(=C/c1ccncc1[SH](=O)=O)Nc1ccccc1. The lowest BCUT2D eigenvalue weighted by Gasteiger charge is -2.09. The van der Waals surface area contributed by atoms with Gasteiger partial charge in [0.25, 0.3) is 0 Å². The Morgan fingerprint density at radius 1 is 1.25 bits per heavy atom. The third kappa shape index (κ3) is 3.68. The summed E-state index contributed by atoms with van der Waals surface area (Å²) in [5.41, 5.74) is 2.57. The van der Waals surface area contributed by atoms with Crippen molar-refractivity contribution in [2.75, 3.05) is 5.32 Å². The van der Waals surface area contributed by atoms with Crippen LogP contribution in [0, 0.1) is 0 Å². The summed E-state index contributed by atoms with van der Waals surface area (Å²) in [6, 6.07) is 11.5. The predicted molar refractivity (Wildman–Crippen MR) is 81.2 cm³/mol. The highest BCUT2D eigenvalue weighted by molar-refractivity contribution is 7.72. The minimum atomic E-state index is -2.65. The maximum absolute atomic E-state index is 11.2. The first-order chi connectivity index (χ1) is 9.70. The molecule has 0 aliphatic carbocycles. The summed E-state index contributed by atoms with van der Waals surface area (Å²) in [5.74, 6) is 0. The first-order valence-corrected chi connectivity index (χ1v) is 7.49. The van der Waals surface area contributed by atoms with E-state index in [9.17, 15) is 8.42 Å². The van der Waals surface area contributed by atoms with Crippen LogP contribution >= 0.6 is 0 Å². The first-order valence-electron chi connectivity index (χ1n) is 6.31. The fourth-order valence-corrected chi connectivity index (χ4v) is 2.30. The third-order valence-corrected chi connectivity index (χ3v) is 3.59. The van der Waals surface area contributed by atoms with Crippen LogP contribution < -0.4 is 5.32 Å². The molecule has 2 rings (SSSR count). The van der Waals surface area contributed by atoms with Gasteiger partial charge < -0.3 is 5.32 Å². The standard InChI is InChI=1S/C15H16N2O2S/c1-2-13(17-14-6-4-3-5-7-14)10-12-8-9-16-11-15(12)20(18)19/h3-11,17,20H,2H2,1H3/b13-10-. The van der Waals surface area contributed by atoms with Crippen molar-refractivity contribution in [3.05, 3.63) is 60.1 Å². The lowest BCUT2D eigenvalue weighted by Crippen LogP contribution is -1.99. The van der Waals surface area contributed by atoms with Crippen LogP contribution in [0.1, 0.15) is 18.9 Å². The van der Waals surface area contributed by atoms with Crippen LogP contribution in [-0.4, -0.2) is 13.4 Å². The molecule has 2 aromatic rings. The molecule has 0 atom stereocenters. The van der Waals surface area contributed by atoms with Crippen LogP contribution in [0.15, 0.2) is 59.4 Å². The third-order valence-electron chi connectivity index (χ3n) is 2.82. The smallest absolute Gasteiger partial charge is 0.170 e. The van der Waals surface area contributed by atoms with Gasteiger partial charge in [-0.3, -0.25) is 4.98 Å². The number of benzene rings is 1. The number of nitrogens with one attached hydrogen (secondary N) is 1. The van der Waals surface area contributed by atoms with Gasteiger partial charge in [-0.05, 0) is 36.3 Å². The lowest BCUT2D eigenvalue weighted by molar-refractivity contribution is 0.614. The molecule has 0 spiro atoms. The normalized spacial score (nSPS) is 11.6. The van der Waals surface area contributed by atoms with E-state index in [4.69, 9.17) is 0 Å². The van der Waals surface area contributed by atoms with Crippen molar-refractivity contribution >= 4 is 22.5 Å². The number of allylic oxidation sites excluding steroid dienone is 1. The number of hydrogen-bond donors (Lipinski definition) is 2. The van der Waals surface area contributed by atoms with E-state index in [1.165, 1.54) is 6.20 Å². The molecule has 1 N–H and O–H groups in total. The fraction of sp³-hybridized carbons (Fsp3) is 0.133. The molecule has 0 radical (unpaired) electrons. The number of aromatic nitrogens is 1. The summed E-state index contributed by atoms with van der Waals surface area (Å²) in [6.45, 7) is 2.01. The fourth-order valence-electron chi connectivity index (χ4n) is 1.79. The van der Waals surface area contributed by atoms with Crippen LogP contribution in [-0.2, 0) is 10.7 Å². The molecule has 4 nitrogen and oxygen atoms in total. The van der Waals surface area contributed by atoms with Gasteiger partial charge in [0.15, 0.2) is 10.7 Å². The van der Waals surface area contributed by atoms with Gasteiger partial charge in [0, 0.05) is 23.8 Å². The molecule has 104 valence electrons. The molecular formula is C15H16N2O2S. The number of thiol groups is 1. The molecule has 0 fully saturated rings. The van der Waals surface area contributed by atoms with Crippen molar-refractivity contribution in [3.8, 4) is 0 Å². The molecule has 1 aromatic heterocycles. The summed E-state index contributed by atoms with van der Waals surface area (Å²) >= 11 is 0. The maximum atomic E-state index is 11.2. The number of nitrogens with zero attached hydrogens (tertiary/aromatic N) is 1. The molecule has 0 aliphatic heterocycles. The van der Waals surface area contributed by atoms with Crippen LogP contribution in [0.2, 0.25) is 0 Å². The quantitative estimate of drug-likeness (QED) is 0.831. The molecule has 0 saturated heterocycles. The van der Waals surface area contributed by atoms with E-state index in [1.54, 1.807) is 12.3 Å². The Labute approximate surface area is 120 Å². The van der Waals surface area contributed by atoms with Gasteiger partial charge in [-0.2, -0.15) is 0 Å². The van der Waals surface area contributed by atoms with E-state index in [-0.39, 0.29) is 4.90 Å². The monoisotopic (exact) mass is 288 g/mol. The Kier molecular flexibility index (Phi) is 4.90. The van der Waals surface area contributed by atoms with Gasteiger partial charge in [0.05, 0.1) is 4.90 Å². The minimum Gasteiger partial charge on any atom is -0.359 e. The van der Waals surface area contributed by atoms with Crippen molar-refractivity contribution in [2.45, 2.75) is 18.2 Å². The topological polar surface area (TPSA) is 59.1 Å². The van der Waals surface area contributed by atoms with Gasteiger partial charge in [-0.25, -0.2) is 8.42 Å². The van der Waals surface area contributed by atoms with Crippen LogP contribution in [0.4, 0.5) is 5.69 Å². The Morgan fingerprint density at radius 2 is 2.00 bits per heavy atom. The zero-order valence-electron chi connectivity index (χ0n) is 11.1. The maximum Gasteiger partial charge on any atom is 0.170 e. The Balaban J connectivity index is 2.32. The molecule has 0 amide bonds. The molecule has 1 aromatic carbocycles. The highest BCUT2D eigenvalue weighted by Gasteiger charge is 2.04. The van der Waals surface area contributed by atoms with Crippen LogP contribution in [0.5, 0.6) is 0 Å².